The maximum atomic E-state index is 8.48. The van der Waals surface area contributed by atoms with Crippen molar-refractivity contribution < 1.29 is 8.22 Å². The third-order valence-electron chi connectivity index (χ3n) is 1.73. The van der Waals surface area contributed by atoms with E-state index in [2.05, 4.69) is 0 Å². The Morgan fingerprint density at radius 1 is 0.786 bits per heavy atom. The highest BCUT2D eigenvalue weighted by Gasteiger charge is 2.29. The molecule has 0 unspecified atom stereocenters. The average molecular weight is 221 g/mol. The zero-order valence-electron chi connectivity index (χ0n) is 16.7. The van der Waals surface area contributed by atoms with E-state index in [1.54, 1.807) is 48.1 Å². The van der Waals surface area contributed by atoms with Gasteiger partial charge in [-0.1, -0.05) is 66.1 Å². The fourth-order valence-corrected chi connectivity index (χ4v) is 5.57. The van der Waals surface area contributed by atoms with Gasteiger partial charge < -0.3 is 0 Å². The van der Waals surface area contributed by atoms with Gasteiger partial charge in [0.15, 0.2) is 0 Å². The highest BCUT2D eigenvalue weighted by Crippen LogP contribution is 2.31. The molecule has 14 heavy (non-hydrogen) atoms. The average Bonchev–Trinajstić information content (AvgIpc) is 2.26. The molecule has 0 N–H and O–H groups in total. The van der Waals surface area contributed by atoms with E-state index >= 15 is 0 Å². The lowest BCUT2D eigenvalue weighted by Gasteiger charge is -2.32. The maximum absolute atomic E-state index is 8.48. The van der Waals surface area contributed by atoms with E-state index in [0.717, 1.165) is 0 Å². The molecule has 0 spiro atoms. The van der Waals surface area contributed by atoms with E-state index in [1.165, 1.54) is 0 Å². The Morgan fingerprint density at radius 2 is 1.00 bits per heavy atom. The quantitative estimate of drug-likeness (QED) is 0.551. The first kappa shape index (κ1) is 6.73. The van der Waals surface area contributed by atoms with Gasteiger partial charge in [0, 0.05) is 8.22 Å². The second kappa shape index (κ2) is 5.94. The van der Waals surface area contributed by atoms with Crippen molar-refractivity contribution in [3.8, 4) is 0 Å². The van der Waals surface area contributed by atoms with E-state index in [-0.39, 0.29) is 0 Å². The van der Waals surface area contributed by atoms with Gasteiger partial charge in [-0.3, -0.25) is 0 Å². The molecule has 0 bridgehead atoms. The lowest BCUT2D eigenvalue weighted by Crippen LogP contribution is -2.34. The standard InChI is InChI=1S/C13H30Si/c1-11(2)8-14(7,9-12(3)4)10-13(5)6/h11-13H,8-10H2,1-7H3/i8D2,9D2,10D2. The van der Waals surface area contributed by atoms with Crippen molar-refractivity contribution in [2.24, 2.45) is 17.8 Å². The van der Waals surface area contributed by atoms with E-state index in [0.29, 0.717) is 0 Å². The summed E-state index contributed by atoms with van der Waals surface area (Å²) in [6.07, 6.45) is 0. The zero-order valence-corrected chi connectivity index (χ0v) is 11.7. The van der Waals surface area contributed by atoms with E-state index in [9.17, 15) is 0 Å². The third kappa shape index (κ3) is 6.64. The summed E-state index contributed by atoms with van der Waals surface area (Å²) >= 11 is 0. The molecule has 0 aliphatic heterocycles. The predicted octanol–water partition coefficient (Wildman–Crippen LogP) is 5.03. The zero-order chi connectivity index (χ0) is 16.7. The van der Waals surface area contributed by atoms with Gasteiger partial charge in [0.2, 0.25) is 0 Å². The van der Waals surface area contributed by atoms with Crippen LogP contribution in [0.15, 0.2) is 0 Å². The second-order valence-electron chi connectivity index (χ2n) is 5.02. The molecule has 0 amide bonds. The molecule has 0 aromatic heterocycles. The topological polar surface area (TPSA) is 0 Å². The molecule has 1 heteroatoms. The van der Waals surface area contributed by atoms with Crippen LogP contribution < -0.4 is 0 Å². The van der Waals surface area contributed by atoms with Crippen molar-refractivity contribution in [3.05, 3.63) is 0 Å². The van der Waals surface area contributed by atoms with Crippen molar-refractivity contribution in [1.82, 2.24) is 0 Å². The van der Waals surface area contributed by atoms with Crippen LogP contribution in [0.1, 0.15) is 49.8 Å². The van der Waals surface area contributed by atoms with Crippen molar-refractivity contribution in [2.45, 2.75) is 66.1 Å². The Balaban J connectivity index is 6.38. The van der Waals surface area contributed by atoms with Crippen LogP contribution in [-0.2, 0) is 0 Å². The molecular formula is C13H30Si. The Kier molecular flexibility index (Phi) is 2.86. The molecule has 0 nitrogen and oxygen atoms in total. The van der Waals surface area contributed by atoms with Crippen LogP contribution in [0.3, 0.4) is 0 Å². The lowest BCUT2D eigenvalue weighted by molar-refractivity contribution is 0.645. The van der Waals surface area contributed by atoms with Crippen LogP contribution in [0.2, 0.25) is 24.5 Å². The van der Waals surface area contributed by atoms with Gasteiger partial charge in [-0.25, -0.2) is 0 Å². The van der Waals surface area contributed by atoms with E-state index < -0.39 is 43.8 Å². The van der Waals surface area contributed by atoms with Gasteiger partial charge in [-0.05, 0) is 17.8 Å². The summed E-state index contributed by atoms with van der Waals surface area (Å²) < 4.78 is 50.9. The van der Waals surface area contributed by atoms with Crippen LogP contribution in [0.25, 0.3) is 0 Å². The molecule has 0 saturated heterocycles. The van der Waals surface area contributed by atoms with Gasteiger partial charge >= 0.3 is 0 Å². The van der Waals surface area contributed by atoms with E-state index in [1.807, 2.05) is 0 Å². The van der Waals surface area contributed by atoms with Crippen molar-refractivity contribution in [2.75, 3.05) is 0 Å². The van der Waals surface area contributed by atoms with Crippen molar-refractivity contribution >= 4 is 8.07 Å². The second-order valence-corrected chi connectivity index (χ2v) is 8.14. The normalized spacial score (nSPS) is 22.7. The lowest BCUT2D eigenvalue weighted by atomic mass is 10.2. The van der Waals surface area contributed by atoms with Crippen molar-refractivity contribution in [1.29, 1.82) is 0 Å². The summed E-state index contributed by atoms with van der Waals surface area (Å²) in [6.45, 7) is 11.9. The first-order valence-electron chi connectivity index (χ1n) is 8.58. The Labute approximate surface area is 101 Å². The Morgan fingerprint density at radius 3 is 1.14 bits per heavy atom. The van der Waals surface area contributed by atoms with Gasteiger partial charge in [0.1, 0.15) is 0 Å². The van der Waals surface area contributed by atoms with Crippen LogP contribution in [0, 0.1) is 17.8 Å². The van der Waals surface area contributed by atoms with Gasteiger partial charge in [0.25, 0.3) is 0 Å². The largest absolute Gasteiger partial charge is 0.0691 e. The predicted molar refractivity (Wildman–Crippen MR) is 70.6 cm³/mol. The molecule has 0 aromatic carbocycles. The molecule has 0 aliphatic rings. The maximum Gasteiger partial charge on any atom is 0.0512 e. The van der Waals surface area contributed by atoms with Crippen LogP contribution in [-0.4, -0.2) is 8.07 Å². The molecule has 0 atom stereocenters. The number of hydrogen-bond acceptors (Lipinski definition) is 0. The summed E-state index contributed by atoms with van der Waals surface area (Å²) in [5.74, 6) is -6.72. The molecular weight excluding hydrogens is 184 g/mol. The first-order chi connectivity index (χ1) is 8.58. The fourth-order valence-electron chi connectivity index (χ4n) is 1.86. The minimum Gasteiger partial charge on any atom is -0.0691 e. The van der Waals surface area contributed by atoms with Gasteiger partial charge in [0.05, 0.1) is 8.07 Å². The molecule has 0 aromatic rings. The Bertz CT molecular complexity index is 285. The molecule has 0 fully saturated rings. The monoisotopic (exact) mass is 220 g/mol. The number of rotatable bonds is 6. The van der Waals surface area contributed by atoms with Crippen LogP contribution >= 0.6 is 0 Å². The fraction of sp³-hybridized carbons (Fsp3) is 1.00. The molecule has 0 radical (unpaired) electrons. The molecule has 0 aliphatic carbocycles. The number of hydrogen-bond donors (Lipinski definition) is 0. The molecule has 86 valence electrons. The smallest absolute Gasteiger partial charge is 0.0512 e. The van der Waals surface area contributed by atoms with Crippen molar-refractivity contribution in [3.63, 3.8) is 0 Å². The van der Waals surface area contributed by atoms with E-state index in [4.69, 9.17) is 8.22 Å². The molecule has 0 saturated carbocycles. The van der Waals surface area contributed by atoms with Crippen LogP contribution in [0.4, 0.5) is 0 Å². The summed E-state index contributed by atoms with van der Waals surface area (Å²) in [6, 6.07) is 0. The minimum absolute atomic E-state index is 0.415. The van der Waals surface area contributed by atoms with Gasteiger partial charge in [-0.15, -0.1) is 0 Å². The highest BCUT2D eigenvalue weighted by atomic mass is 28.3. The third-order valence-corrected chi connectivity index (χ3v) is 5.20. The SMILES string of the molecule is [2H]C([2H])(C(C)C)[Si](C)(C([2H])([2H])C(C)C)C([2H])([2H])C(C)C. The van der Waals surface area contributed by atoms with Crippen LogP contribution in [0.5, 0.6) is 0 Å². The highest BCUT2D eigenvalue weighted by molar-refractivity contribution is 6.78. The molecule has 0 heterocycles. The summed E-state index contributed by atoms with van der Waals surface area (Å²) in [7, 11) is -3.62. The summed E-state index contributed by atoms with van der Waals surface area (Å²) in [5, 5.41) is 0. The Hall–Kier alpha value is 0.217. The van der Waals surface area contributed by atoms with Gasteiger partial charge in [-0.2, -0.15) is 0 Å². The first-order valence-corrected chi connectivity index (χ1v) is 8.08. The summed E-state index contributed by atoms with van der Waals surface area (Å²) in [5.41, 5.74) is 0. The molecule has 0 rings (SSSR count). The minimum atomic E-state index is -3.62. The summed E-state index contributed by atoms with van der Waals surface area (Å²) in [4.78, 5) is 0.